The summed E-state index contributed by atoms with van der Waals surface area (Å²) in [5, 5.41) is 10.3. The zero-order valence-corrected chi connectivity index (χ0v) is 18.1. The second kappa shape index (κ2) is 8.02. The highest BCUT2D eigenvalue weighted by atomic mass is 16.5. The third-order valence-corrected chi connectivity index (χ3v) is 6.74. The van der Waals surface area contributed by atoms with Crippen LogP contribution >= 0.6 is 0 Å². The van der Waals surface area contributed by atoms with Gasteiger partial charge in [0, 0.05) is 35.5 Å². The molecule has 0 amide bonds. The Morgan fingerprint density at radius 3 is 2.48 bits per heavy atom. The minimum Gasteiger partial charge on any atom is -0.477 e. The van der Waals surface area contributed by atoms with Gasteiger partial charge in [0.05, 0.1) is 12.2 Å². The molecule has 5 nitrogen and oxygen atoms in total. The molecule has 2 aromatic heterocycles. The molecule has 2 aliphatic rings. The predicted octanol–water partition coefficient (Wildman–Crippen LogP) is 4.72. The average molecular weight is 396 g/mol. The first-order valence-corrected chi connectivity index (χ1v) is 10.9. The van der Waals surface area contributed by atoms with Crippen LogP contribution in [-0.2, 0) is 0 Å². The number of nitrogens with zero attached hydrogens (tertiary/aromatic N) is 3. The Morgan fingerprint density at radius 1 is 1.07 bits per heavy atom. The normalized spacial score (nSPS) is 26.9. The zero-order chi connectivity index (χ0) is 20.6. The lowest BCUT2D eigenvalue weighted by Gasteiger charge is -2.36. The molecule has 2 heterocycles. The Balaban J connectivity index is 1.39. The first-order chi connectivity index (χ1) is 13.8. The van der Waals surface area contributed by atoms with Crippen molar-refractivity contribution in [3.8, 4) is 5.88 Å². The van der Waals surface area contributed by atoms with Crippen molar-refractivity contribution in [1.82, 2.24) is 15.0 Å². The van der Waals surface area contributed by atoms with Crippen molar-refractivity contribution >= 4 is 0 Å². The Hall–Kier alpha value is -2.01. The number of aliphatic hydroxyl groups is 1. The predicted molar refractivity (Wildman–Crippen MR) is 113 cm³/mol. The molecule has 2 atom stereocenters. The van der Waals surface area contributed by atoms with Crippen molar-refractivity contribution in [3.63, 3.8) is 0 Å². The van der Waals surface area contributed by atoms with Gasteiger partial charge in [-0.3, -0.25) is 4.98 Å². The Morgan fingerprint density at radius 2 is 1.83 bits per heavy atom. The molecular formula is C24H33N3O2. The van der Waals surface area contributed by atoms with Crippen molar-refractivity contribution in [3.05, 3.63) is 47.2 Å². The Kier molecular flexibility index (Phi) is 5.60. The first-order valence-electron chi connectivity index (χ1n) is 10.9. The zero-order valence-electron chi connectivity index (χ0n) is 18.1. The molecule has 0 unspecified atom stereocenters. The number of rotatable bonds is 6. The van der Waals surface area contributed by atoms with Gasteiger partial charge in [0.15, 0.2) is 0 Å². The van der Waals surface area contributed by atoms with Crippen LogP contribution in [0.1, 0.15) is 80.4 Å². The van der Waals surface area contributed by atoms with E-state index in [-0.39, 0.29) is 0 Å². The molecule has 0 aliphatic heterocycles. The van der Waals surface area contributed by atoms with E-state index in [1.165, 1.54) is 11.3 Å². The summed E-state index contributed by atoms with van der Waals surface area (Å²) in [5.41, 5.74) is 2.91. The molecule has 0 spiro atoms. The van der Waals surface area contributed by atoms with Gasteiger partial charge in [0.25, 0.3) is 0 Å². The fourth-order valence-electron chi connectivity index (χ4n) is 4.64. The third kappa shape index (κ3) is 4.77. The molecule has 29 heavy (non-hydrogen) atoms. The number of hydrogen-bond donors (Lipinski definition) is 1. The van der Waals surface area contributed by atoms with E-state index in [0.717, 1.165) is 49.4 Å². The van der Waals surface area contributed by atoms with Crippen LogP contribution in [0.3, 0.4) is 0 Å². The minimum absolute atomic E-state index is 0.365. The van der Waals surface area contributed by atoms with E-state index in [1.54, 1.807) is 0 Å². The highest BCUT2D eigenvalue weighted by Gasteiger charge is 2.40. The monoisotopic (exact) mass is 395 g/mol. The van der Waals surface area contributed by atoms with Crippen LogP contribution in [-0.4, -0.2) is 32.3 Å². The van der Waals surface area contributed by atoms with E-state index < -0.39 is 5.60 Å². The third-order valence-electron chi connectivity index (χ3n) is 6.74. The van der Waals surface area contributed by atoms with E-state index in [9.17, 15) is 5.11 Å². The second-order valence-electron chi connectivity index (χ2n) is 9.55. The van der Waals surface area contributed by atoms with Gasteiger partial charge in [-0.15, -0.1) is 0 Å². The molecule has 2 aliphatic carbocycles. The highest BCUT2D eigenvalue weighted by molar-refractivity contribution is 5.29. The summed E-state index contributed by atoms with van der Waals surface area (Å²) >= 11 is 0. The van der Waals surface area contributed by atoms with E-state index >= 15 is 0 Å². The SMILES string of the molecule is Cc1ccc([C@H]2C[C@@H]2COc2nc(C)ncc2[C@H]2CC[C@@H](C(C)(C)O)CC2)nc1. The van der Waals surface area contributed by atoms with Gasteiger partial charge in [-0.1, -0.05) is 6.07 Å². The quantitative estimate of drug-likeness (QED) is 0.767. The van der Waals surface area contributed by atoms with Gasteiger partial charge in [-0.05, 0) is 83.3 Å². The van der Waals surface area contributed by atoms with Crippen molar-refractivity contribution in [2.75, 3.05) is 6.61 Å². The molecule has 5 heteroatoms. The van der Waals surface area contributed by atoms with E-state index in [4.69, 9.17) is 4.74 Å². The minimum atomic E-state index is -0.598. The van der Waals surface area contributed by atoms with Crippen molar-refractivity contribution < 1.29 is 9.84 Å². The molecule has 1 N–H and O–H groups in total. The Bertz CT molecular complexity index is 836. The van der Waals surface area contributed by atoms with E-state index in [1.807, 2.05) is 33.2 Å². The molecule has 0 aromatic carbocycles. The van der Waals surface area contributed by atoms with Crippen LogP contribution in [0.4, 0.5) is 0 Å². The number of ether oxygens (including phenoxy) is 1. The van der Waals surface area contributed by atoms with Gasteiger partial charge < -0.3 is 9.84 Å². The van der Waals surface area contributed by atoms with Gasteiger partial charge in [0.1, 0.15) is 5.82 Å². The van der Waals surface area contributed by atoms with Crippen molar-refractivity contribution in [2.45, 2.75) is 77.2 Å². The van der Waals surface area contributed by atoms with Crippen LogP contribution in [0.25, 0.3) is 0 Å². The van der Waals surface area contributed by atoms with Gasteiger partial charge in [-0.2, -0.15) is 4.98 Å². The molecule has 2 fully saturated rings. The molecule has 156 valence electrons. The largest absolute Gasteiger partial charge is 0.477 e. The smallest absolute Gasteiger partial charge is 0.220 e. The summed E-state index contributed by atoms with van der Waals surface area (Å²) in [6.45, 7) is 8.52. The van der Waals surface area contributed by atoms with Crippen LogP contribution in [0, 0.1) is 25.7 Å². The summed E-state index contributed by atoms with van der Waals surface area (Å²) in [6, 6.07) is 4.27. The first kappa shape index (κ1) is 20.3. The van der Waals surface area contributed by atoms with Crippen LogP contribution in [0.2, 0.25) is 0 Å². The summed E-state index contributed by atoms with van der Waals surface area (Å²) in [6.07, 6.45) is 9.20. The Labute approximate surface area is 174 Å². The summed E-state index contributed by atoms with van der Waals surface area (Å²) in [4.78, 5) is 13.6. The maximum atomic E-state index is 10.3. The number of pyridine rings is 1. The number of hydrogen-bond acceptors (Lipinski definition) is 5. The summed E-state index contributed by atoms with van der Waals surface area (Å²) in [7, 11) is 0. The molecule has 0 saturated heterocycles. The molecule has 2 saturated carbocycles. The molecule has 2 aromatic rings. The number of aromatic nitrogens is 3. The second-order valence-corrected chi connectivity index (χ2v) is 9.55. The van der Waals surface area contributed by atoms with Crippen LogP contribution < -0.4 is 4.74 Å². The van der Waals surface area contributed by atoms with Crippen LogP contribution in [0.15, 0.2) is 24.5 Å². The van der Waals surface area contributed by atoms with Gasteiger partial charge in [0.2, 0.25) is 5.88 Å². The van der Waals surface area contributed by atoms with E-state index in [2.05, 4.69) is 34.0 Å². The standard InChI is InChI=1S/C24H33N3O2/c1-15-5-10-22(26-12-15)20-11-18(20)14-29-23-21(13-25-16(2)27-23)17-6-8-19(9-7-17)24(3,4)28/h5,10,12-13,17-20,28H,6-9,11,14H2,1-4H3/t17-,18-,19+,20+/m1/s1. The highest BCUT2D eigenvalue weighted by Crippen LogP contribution is 2.47. The summed E-state index contributed by atoms with van der Waals surface area (Å²) < 4.78 is 6.24. The van der Waals surface area contributed by atoms with Gasteiger partial charge in [-0.25, -0.2) is 4.98 Å². The lowest BCUT2D eigenvalue weighted by Crippen LogP contribution is -2.33. The summed E-state index contributed by atoms with van der Waals surface area (Å²) in [5.74, 6) is 3.30. The van der Waals surface area contributed by atoms with Crippen molar-refractivity contribution in [2.24, 2.45) is 11.8 Å². The topological polar surface area (TPSA) is 68.1 Å². The lowest BCUT2D eigenvalue weighted by atomic mass is 9.73. The molecule has 0 radical (unpaired) electrons. The number of aryl methyl sites for hydroxylation is 2. The fraction of sp³-hybridized carbons (Fsp3) is 0.625. The maximum Gasteiger partial charge on any atom is 0.220 e. The lowest BCUT2D eigenvalue weighted by molar-refractivity contribution is -0.00168. The average Bonchev–Trinajstić information content (AvgIpc) is 3.46. The maximum absolute atomic E-state index is 10.3. The van der Waals surface area contributed by atoms with Crippen molar-refractivity contribution in [1.29, 1.82) is 0 Å². The van der Waals surface area contributed by atoms with E-state index in [0.29, 0.717) is 30.3 Å². The molecule has 0 bridgehead atoms. The van der Waals surface area contributed by atoms with Gasteiger partial charge >= 0.3 is 0 Å². The molecule has 4 rings (SSSR count). The molecular weight excluding hydrogens is 362 g/mol. The van der Waals surface area contributed by atoms with Crippen LogP contribution in [0.5, 0.6) is 5.88 Å². The fourth-order valence-corrected chi connectivity index (χ4v) is 4.64.